The van der Waals surface area contributed by atoms with Crippen molar-refractivity contribution in [2.75, 3.05) is 0 Å². The molecule has 5 heteroatoms. The minimum Gasteiger partial charge on any atom is -0.113 e. The third-order valence-electron chi connectivity index (χ3n) is 4.50. The predicted octanol–water partition coefficient (Wildman–Crippen LogP) is -1.37. The van der Waals surface area contributed by atoms with Gasteiger partial charge in [0.15, 0.2) is 0 Å². The monoisotopic (exact) mass is 188 g/mol. The molecule has 1 unspecified atom stereocenters. The van der Waals surface area contributed by atoms with E-state index in [0.29, 0.717) is 21.2 Å². The summed E-state index contributed by atoms with van der Waals surface area (Å²) in [5.41, 5.74) is 0.323. The average Bonchev–Trinajstić information content (AvgIpc) is 1.77. The van der Waals surface area contributed by atoms with Gasteiger partial charge in [-0.05, 0) is 5.41 Å². The number of hydrogen-bond acceptors (Lipinski definition) is 0. The van der Waals surface area contributed by atoms with E-state index >= 15 is 0 Å². The average molecular weight is 187 g/mol. The van der Waals surface area contributed by atoms with Gasteiger partial charge in [0.1, 0.15) is 15.7 Å². The van der Waals surface area contributed by atoms with E-state index in [-0.39, 0.29) is 0 Å². The minimum absolute atomic E-state index is 0.312. The highest BCUT2D eigenvalue weighted by Gasteiger charge is 2.52. The van der Waals surface area contributed by atoms with Crippen LogP contribution in [0.4, 0.5) is 0 Å². The summed E-state index contributed by atoms with van der Waals surface area (Å²) in [5, 5.41) is 0.958. The summed E-state index contributed by atoms with van der Waals surface area (Å²) >= 11 is 0. The Bertz CT molecular complexity index is 167. The summed E-state index contributed by atoms with van der Waals surface area (Å²) in [5.74, 6) is 0. The third kappa shape index (κ3) is 2.12. The first-order valence-electron chi connectivity index (χ1n) is 5.75. The summed E-state index contributed by atoms with van der Waals surface area (Å²) < 4.78 is 0. The minimum atomic E-state index is 0.312. The van der Waals surface area contributed by atoms with Crippen LogP contribution >= 0.6 is 0 Å². The summed E-state index contributed by atoms with van der Waals surface area (Å²) in [4.78, 5) is 0. The lowest BCUT2D eigenvalue weighted by Crippen LogP contribution is -2.48. The molecule has 0 amide bonds. The molecule has 76 valence electrons. The molecule has 0 aliphatic heterocycles. The Balaban J connectivity index is 5.54. The van der Waals surface area contributed by atoms with Crippen LogP contribution in [0.15, 0.2) is 0 Å². The van der Waals surface area contributed by atoms with Gasteiger partial charge in [0.05, 0.1) is 23.5 Å². The largest absolute Gasteiger partial charge is 0.113 e. The molecule has 0 N–H and O–H groups in total. The molecular weight excluding hydrogens is 162 g/mol. The van der Waals surface area contributed by atoms with Gasteiger partial charge in [-0.2, -0.15) is 0 Å². The molecule has 0 aliphatic carbocycles. The zero-order valence-electron chi connectivity index (χ0n) is 12.0. The van der Waals surface area contributed by atoms with Crippen LogP contribution in [-0.4, -0.2) is 39.2 Å². The van der Waals surface area contributed by atoms with Crippen molar-refractivity contribution in [3.63, 3.8) is 0 Å². The smallest absolute Gasteiger partial charge is 0.108 e. The van der Waals surface area contributed by atoms with Gasteiger partial charge in [-0.3, -0.25) is 0 Å². The van der Waals surface area contributed by atoms with Gasteiger partial charge >= 0.3 is 0 Å². The Morgan fingerprint density at radius 2 is 0.929 bits per heavy atom. The van der Waals surface area contributed by atoms with Gasteiger partial charge in [-0.15, -0.1) is 5.11 Å². The SMILES string of the molecule is BC(B)(B)C(B)(C(B)(C)C)C(C)(C)C. The van der Waals surface area contributed by atoms with Crippen molar-refractivity contribution in [2.45, 2.75) is 50.4 Å². The molecule has 1 atom stereocenters. The first-order valence-corrected chi connectivity index (χ1v) is 5.75. The fraction of sp³-hybridized carbons (Fsp3) is 1.00. The van der Waals surface area contributed by atoms with Crippen LogP contribution in [0.25, 0.3) is 0 Å². The van der Waals surface area contributed by atoms with Crippen LogP contribution in [0.1, 0.15) is 34.6 Å². The molecule has 0 nitrogen and oxygen atoms in total. The summed E-state index contributed by atoms with van der Waals surface area (Å²) in [6.07, 6.45) is 0. The highest BCUT2D eigenvalue weighted by Crippen LogP contribution is 2.67. The second-order valence-electron chi connectivity index (χ2n) is 7.88. The van der Waals surface area contributed by atoms with Crippen LogP contribution in [-0.2, 0) is 0 Å². The molecular formula is C9H25B5. The maximum atomic E-state index is 2.44. The van der Waals surface area contributed by atoms with Gasteiger partial charge in [0.2, 0.25) is 0 Å². The Labute approximate surface area is 95.4 Å². The van der Waals surface area contributed by atoms with E-state index in [1.807, 2.05) is 0 Å². The molecule has 0 aromatic rings. The number of rotatable bonds is 2. The van der Waals surface area contributed by atoms with Crippen molar-refractivity contribution in [2.24, 2.45) is 5.41 Å². The zero-order valence-corrected chi connectivity index (χ0v) is 12.0. The highest BCUT2D eigenvalue weighted by atomic mass is 14.5. The standard InChI is InChI=1S/C9H25B5/c1-6(2,3)8(11,7(4,5)10)9(12,13)14/h10-14H2,1-5H3. The van der Waals surface area contributed by atoms with Crippen molar-refractivity contribution in [1.82, 2.24) is 0 Å². The third-order valence-corrected chi connectivity index (χ3v) is 4.50. The fourth-order valence-corrected chi connectivity index (χ4v) is 3.38. The molecule has 0 saturated carbocycles. The lowest BCUT2D eigenvalue weighted by Gasteiger charge is -2.60. The molecule has 14 heavy (non-hydrogen) atoms. The van der Waals surface area contributed by atoms with Gasteiger partial charge in [0, 0.05) is 0 Å². The second-order valence-corrected chi connectivity index (χ2v) is 7.88. The maximum absolute atomic E-state index is 2.44. The van der Waals surface area contributed by atoms with Crippen molar-refractivity contribution in [3.8, 4) is 0 Å². The lowest BCUT2D eigenvalue weighted by molar-refractivity contribution is 0.210. The topological polar surface area (TPSA) is 0 Å². The summed E-state index contributed by atoms with van der Waals surface area (Å²) in [7, 11) is 11.9. The predicted molar refractivity (Wildman–Crippen MR) is 81.6 cm³/mol. The highest BCUT2D eigenvalue weighted by molar-refractivity contribution is 6.63. The molecule has 0 saturated heterocycles. The Hall–Kier alpha value is 0.325. The van der Waals surface area contributed by atoms with E-state index in [0.717, 1.165) is 0 Å². The summed E-state index contributed by atoms with van der Waals surface area (Å²) in [6.45, 7) is 11.8. The van der Waals surface area contributed by atoms with E-state index in [1.165, 1.54) is 0 Å². The molecule has 0 heterocycles. The van der Waals surface area contributed by atoms with Gasteiger partial charge in [0.25, 0.3) is 0 Å². The molecule has 0 bridgehead atoms. The molecule has 0 fully saturated rings. The Kier molecular flexibility index (Phi) is 3.50. The summed E-state index contributed by atoms with van der Waals surface area (Å²) in [6, 6.07) is 0. The molecule has 0 aromatic carbocycles. The Morgan fingerprint density at radius 1 is 0.643 bits per heavy atom. The molecule has 0 radical (unpaired) electrons. The maximum Gasteiger partial charge on any atom is 0.108 e. The normalized spacial score (nSPS) is 18.9. The van der Waals surface area contributed by atoms with Crippen molar-refractivity contribution < 1.29 is 0 Å². The van der Waals surface area contributed by atoms with E-state index in [2.05, 4.69) is 73.9 Å². The fourth-order valence-electron chi connectivity index (χ4n) is 3.38. The van der Waals surface area contributed by atoms with Crippen molar-refractivity contribution >= 4 is 39.2 Å². The van der Waals surface area contributed by atoms with E-state index in [4.69, 9.17) is 0 Å². The Morgan fingerprint density at radius 3 is 0.929 bits per heavy atom. The van der Waals surface area contributed by atoms with E-state index < -0.39 is 0 Å². The molecule has 0 rings (SSSR count). The van der Waals surface area contributed by atoms with Crippen molar-refractivity contribution in [3.05, 3.63) is 0 Å². The van der Waals surface area contributed by atoms with Gasteiger partial charge < -0.3 is 0 Å². The van der Waals surface area contributed by atoms with Gasteiger partial charge in [-0.1, -0.05) is 45.2 Å². The van der Waals surface area contributed by atoms with Crippen LogP contribution in [0.3, 0.4) is 0 Å². The molecule has 0 aromatic heterocycles. The van der Waals surface area contributed by atoms with Crippen LogP contribution < -0.4 is 0 Å². The van der Waals surface area contributed by atoms with Crippen LogP contribution in [0.5, 0.6) is 0 Å². The second kappa shape index (κ2) is 3.42. The van der Waals surface area contributed by atoms with Crippen LogP contribution in [0.2, 0.25) is 15.7 Å². The van der Waals surface area contributed by atoms with E-state index in [9.17, 15) is 0 Å². The molecule has 0 spiro atoms. The lowest BCUT2D eigenvalue weighted by atomic mass is 9.18. The first-order chi connectivity index (χ1) is 5.75. The zero-order chi connectivity index (χ0) is 12.0. The quantitative estimate of drug-likeness (QED) is 0.468. The van der Waals surface area contributed by atoms with Gasteiger partial charge in [-0.25, -0.2) is 0 Å². The van der Waals surface area contributed by atoms with Crippen molar-refractivity contribution in [1.29, 1.82) is 0 Å². The first kappa shape index (κ1) is 14.3. The number of hydrogen-bond donors (Lipinski definition) is 0. The van der Waals surface area contributed by atoms with E-state index in [1.54, 1.807) is 0 Å². The van der Waals surface area contributed by atoms with Crippen LogP contribution in [0, 0.1) is 5.41 Å². The molecule has 0 aliphatic rings.